The fourth-order valence-electron chi connectivity index (χ4n) is 1.68. The van der Waals surface area contributed by atoms with Crippen molar-refractivity contribution in [2.45, 2.75) is 24.0 Å². The Kier molecular flexibility index (Phi) is 4.48. The number of anilines is 1. The Morgan fingerprint density at radius 2 is 2.29 bits per heavy atom. The lowest BCUT2D eigenvalue weighted by atomic mass is 10.4. The number of methoxy groups -OCH3 is 1. The number of hydrogen-bond acceptors (Lipinski definition) is 5. The summed E-state index contributed by atoms with van der Waals surface area (Å²) in [5, 5.41) is 1.22. The van der Waals surface area contributed by atoms with E-state index in [0.717, 1.165) is 17.5 Å². The van der Waals surface area contributed by atoms with Crippen molar-refractivity contribution in [3.05, 3.63) is 11.2 Å². The number of aromatic nitrogens is 2. The zero-order chi connectivity index (χ0) is 12.3. The number of ether oxygens (including phenoxy) is 1. The van der Waals surface area contributed by atoms with Crippen molar-refractivity contribution in [3.63, 3.8) is 0 Å². The smallest absolute Gasteiger partial charge is 0.190 e. The van der Waals surface area contributed by atoms with Gasteiger partial charge in [0.1, 0.15) is 11.0 Å². The third-order valence-corrected chi connectivity index (χ3v) is 3.40. The number of rotatable bonds is 6. The minimum Gasteiger partial charge on any atom is -0.383 e. The minimum atomic E-state index is 0.502. The van der Waals surface area contributed by atoms with Gasteiger partial charge in [0.2, 0.25) is 0 Å². The second-order valence-corrected chi connectivity index (χ2v) is 5.11. The molecule has 0 radical (unpaired) electrons. The second kappa shape index (κ2) is 5.89. The molecular weight excluding hydrogens is 258 g/mol. The van der Waals surface area contributed by atoms with Crippen LogP contribution >= 0.6 is 23.4 Å². The molecule has 0 saturated heterocycles. The van der Waals surface area contributed by atoms with E-state index in [0.29, 0.717) is 17.8 Å². The van der Waals surface area contributed by atoms with Gasteiger partial charge in [-0.1, -0.05) is 23.4 Å². The first-order chi connectivity index (χ1) is 8.24. The van der Waals surface area contributed by atoms with E-state index in [1.807, 2.05) is 12.3 Å². The third kappa shape index (κ3) is 3.47. The van der Waals surface area contributed by atoms with Gasteiger partial charge >= 0.3 is 0 Å². The van der Waals surface area contributed by atoms with Crippen LogP contribution in [0.15, 0.2) is 11.2 Å². The van der Waals surface area contributed by atoms with Crippen LogP contribution in [-0.2, 0) is 4.74 Å². The molecule has 0 spiro atoms. The molecule has 1 aromatic rings. The summed E-state index contributed by atoms with van der Waals surface area (Å²) in [6.07, 6.45) is 4.39. The molecule has 1 aliphatic rings. The first-order valence-corrected chi connectivity index (χ1v) is 7.19. The predicted octanol–water partition coefficient (Wildman–Crippen LogP) is 2.47. The molecule has 0 N–H and O–H groups in total. The molecule has 0 aromatic carbocycles. The molecule has 1 aromatic heterocycles. The second-order valence-electron chi connectivity index (χ2n) is 3.95. The minimum absolute atomic E-state index is 0.502. The fourth-order valence-corrected chi connectivity index (χ4v) is 2.29. The normalized spacial score (nSPS) is 15.0. The molecule has 94 valence electrons. The highest BCUT2D eigenvalue weighted by atomic mass is 35.5. The lowest BCUT2D eigenvalue weighted by molar-refractivity contribution is 0.204. The Morgan fingerprint density at radius 3 is 2.88 bits per heavy atom. The fraction of sp³-hybridized carbons (Fsp3) is 0.636. The Bertz CT molecular complexity index is 387. The van der Waals surface area contributed by atoms with Crippen LogP contribution in [0.1, 0.15) is 12.8 Å². The van der Waals surface area contributed by atoms with Gasteiger partial charge < -0.3 is 9.64 Å². The Labute approximate surface area is 111 Å². The van der Waals surface area contributed by atoms with E-state index < -0.39 is 0 Å². The zero-order valence-electron chi connectivity index (χ0n) is 10.0. The molecule has 0 atom stereocenters. The highest BCUT2D eigenvalue weighted by Gasteiger charge is 2.30. The summed E-state index contributed by atoms with van der Waals surface area (Å²) in [6.45, 7) is 1.55. The van der Waals surface area contributed by atoms with Gasteiger partial charge in [-0.25, -0.2) is 9.97 Å². The number of nitrogens with zero attached hydrogens (tertiary/aromatic N) is 3. The van der Waals surface area contributed by atoms with E-state index >= 15 is 0 Å². The molecule has 4 nitrogen and oxygen atoms in total. The van der Waals surface area contributed by atoms with Crippen molar-refractivity contribution in [1.82, 2.24) is 9.97 Å². The Morgan fingerprint density at radius 1 is 1.53 bits per heavy atom. The van der Waals surface area contributed by atoms with E-state index in [2.05, 4.69) is 14.9 Å². The summed E-state index contributed by atoms with van der Waals surface area (Å²) in [5.74, 6) is 0.911. The molecule has 0 aliphatic heterocycles. The molecule has 1 saturated carbocycles. The molecule has 2 rings (SSSR count). The summed E-state index contributed by atoms with van der Waals surface area (Å²) in [5.41, 5.74) is 0. The van der Waals surface area contributed by atoms with Gasteiger partial charge in [-0.15, -0.1) is 0 Å². The number of halogens is 1. The largest absolute Gasteiger partial charge is 0.383 e. The van der Waals surface area contributed by atoms with Crippen molar-refractivity contribution >= 4 is 29.2 Å². The van der Waals surface area contributed by atoms with E-state index in [4.69, 9.17) is 16.3 Å². The summed E-state index contributed by atoms with van der Waals surface area (Å²) < 4.78 is 5.14. The van der Waals surface area contributed by atoms with Gasteiger partial charge in [0, 0.05) is 25.8 Å². The van der Waals surface area contributed by atoms with Gasteiger partial charge in [-0.05, 0) is 19.1 Å². The van der Waals surface area contributed by atoms with Crippen LogP contribution in [0.3, 0.4) is 0 Å². The maximum Gasteiger partial charge on any atom is 0.190 e. The van der Waals surface area contributed by atoms with Gasteiger partial charge in [0.15, 0.2) is 5.16 Å². The quantitative estimate of drug-likeness (QED) is 0.452. The van der Waals surface area contributed by atoms with Crippen LogP contribution in [0.4, 0.5) is 5.82 Å². The van der Waals surface area contributed by atoms with Crippen LogP contribution < -0.4 is 4.90 Å². The average molecular weight is 274 g/mol. The maximum absolute atomic E-state index is 6.01. The van der Waals surface area contributed by atoms with E-state index in [1.165, 1.54) is 24.6 Å². The van der Waals surface area contributed by atoms with E-state index in [9.17, 15) is 0 Å². The maximum atomic E-state index is 6.01. The zero-order valence-corrected chi connectivity index (χ0v) is 11.6. The van der Waals surface area contributed by atoms with Crippen molar-refractivity contribution in [2.24, 2.45) is 0 Å². The Balaban J connectivity index is 2.18. The van der Waals surface area contributed by atoms with Crippen LogP contribution in [0.5, 0.6) is 0 Å². The van der Waals surface area contributed by atoms with Gasteiger partial charge in [0.05, 0.1) is 6.61 Å². The van der Waals surface area contributed by atoms with Crippen LogP contribution in [-0.4, -0.2) is 42.5 Å². The van der Waals surface area contributed by atoms with Crippen molar-refractivity contribution < 1.29 is 4.74 Å². The molecular formula is C11H16ClN3OS. The number of thioether (sulfide) groups is 1. The molecule has 6 heteroatoms. The van der Waals surface area contributed by atoms with Gasteiger partial charge in [-0.2, -0.15) is 0 Å². The first-order valence-electron chi connectivity index (χ1n) is 5.58. The van der Waals surface area contributed by atoms with E-state index in [1.54, 1.807) is 7.11 Å². The van der Waals surface area contributed by atoms with Crippen molar-refractivity contribution in [2.75, 3.05) is 31.4 Å². The Hall–Kier alpha value is -0.520. The first kappa shape index (κ1) is 12.9. The lowest BCUT2D eigenvalue weighted by Gasteiger charge is -2.23. The number of hydrogen-bond donors (Lipinski definition) is 0. The molecule has 17 heavy (non-hydrogen) atoms. The molecule has 1 aliphatic carbocycles. The van der Waals surface area contributed by atoms with Crippen molar-refractivity contribution in [3.8, 4) is 0 Å². The molecule has 0 unspecified atom stereocenters. The summed E-state index contributed by atoms with van der Waals surface area (Å²) >= 11 is 7.52. The SMILES string of the molecule is COCCN(c1cc(Cl)nc(SC)n1)C1CC1. The van der Waals surface area contributed by atoms with Crippen LogP contribution in [0, 0.1) is 0 Å². The standard InChI is InChI=1S/C11H16ClN3OS/c1-16-6-5-15(8-3-4-8)10-7-9(12)13-11(14-10)17-2/h7-8H,3-6H2,1-2H3. The monoisotopic (exact) mass is 273 g/mol. The third-order valence-electron chi connectivity index (χ3n) is 2.66. The van der Waals surface area contributed by atoms with Gasteiger partial charge in [-0.3, -0.25) is 0 Å². The molecule has 0 bridgehead atoms. The summed E-state index contributed by atoms with van der Waals surface area (Å²) in [4.78, 5) is 10.9. The summed E-state index contributed by atoms with van der Waals surface area (Å²) in [6, 6.07) is 2.42. The summed E-state index contributed by atoms with van der Waals surface area (Å²) in [7, 11) is 1.71. The topological polar surface area (TPSA) is 38.2 Å². The predicted molar refractivity (Wildman–Crippen MR) is 71.1 cm³/mol. The van der Waals surface area contributed by atoms with Crippen LogP contribution in [0.25, 0.3) is 0 Å². The lowest BCUT2D eigenvalue weighted by Crippen LogP contribution is -2.30. The average Bonchev–Trinajstić information content (AvgIpc) is 3.13. The highest BCUT2D eigenvalue weighted by molar-refractivity contribution is 7.98. The molecule has 1 fully saturated rings. The molecule has 0 amide bonds. The molecule has 1 heterocycles. The van der Waals surface area contributed by atoms with Crippen LogP contribution in [0.2, 0.25) is 5.15 Å². The highest BCUT2D eigenvalue weighted by Crippen LogP contribution is 2.31. The van der Waals surface area contributed by atoms with E-state index in [-0.39, 0.29) is 0 Å². The van der Waals surface area contributed by atoms with Crippen molar-refractivity contribution in [1.29, 1.82) is 0 Å². The van der Waals surface area contributed by atoms with Gasteiger partial charge in [0.25, 0.3) is 0 Å².